The van der Waals surface area contributed by atoms with Crippen molar-refractivity contribution in [1.82, 2.24) is 15.3 Å². The van der Waals surface area contributed by atoms with E-state index in [0.717, 1.165) is 47.4 Å². The van der Waals surface area contributed by atoms with Gasteiger partial charge in [-0.3, -0.25) is 9.59 Å². The van der Waals surface area contributed by atoms with Crippen molar-refractivity contribution >= 4 is 51.5 Å². The van der Waals surface area contributed by atoms with Crippen molar-refractivity contribution in [3.8, 4) is 0 Å². The van der Waals surface area contributed by atoms with Crippen molar-refractivity contribution in [2.45, 2.75) is 37.8 Å². The van der Waals surface area contributed by atoms with Gasteiger partial charge in [0.1, 0.15) is 5.00 Å². The molecular formula is C23H23ClN4O2S2. The van der Waals surface area contributed by atoms with Gasteiger partial charge in [-0.2, -0.15) is 0 Å². The number of hydrogen-bond donors (Lipinski definition) is 2. The molecule has 166 valence electrons. The zero-order chi connectivity index (χ0) is 22.5. The third-order valence-electron chi connectivity index (χ3n) is 5.13. The van der Waals surface area contributed by atoms with Gasteiger partial charge in [0.2, 0.25) is 0 Å². The quantitative estimate of drug-likeness (QED) is 0.345. The normalized spacial score (nSPS) is 12.4. The van der Waals surface area contributed by atoms with Gasteiger partial charge >= 0.3 is 0 Å². The number of carbonyl (C=O) groups is 2. The van der Waals surface area contributed by atoms with Crippen molar-refractivity contribution < 1.29 is 9.59 Å². The molecule has 0 bridgehead atoms. The molecule has 0 unspecified atom stereocenters. The molecule has 1 aliphatic rings. The van der Waals surface area contributed by atoms with Gasteiger partial charge in [0.25, 0.3) is 11.8 Å². The summed E-state index contributed by atoms with van der Waals surface area (Å²) >= 11 is 9.09. The summed E-state index contributed by atoms with van der Waals surface area (Å²) < 4.78 is 0. The number of amides is 2. The Morgan fingerprint density at radius 2 is 2.00 bits per heavy atom. The number of nitrogens with zero attached hydrogens (tertiary/aromatic N) is 2. The monoisotopic (exact) mass is 486 g/mol. The fourth-order valence-electron chi connectivity index (χ4n) is 3.66. The highest BCUT2D eigenvalue weighted by molar-refractivity contribution is 7.99. The summed E-state index contributed by atoms with van der Waals surface area (Å²) in [5.41, 5.74) is 2.88. The van der Waals surface area contributed by atoms with Crippen LogP contribution in [-0.4, -0.2) is 34.1 Å². The average Bonchev–Trinajstić information content (AvgIpc) is 3.36. The lowest BCUT2D eigenvalue weighted by molar-refractivity contribution is 0.0954. The second-order valence-electron chi connectivity index (χ2n) is 7.29. The van der Waals surface area contributed by atoms with E-state index in [1.54, 1.807) is 0 Å². The Bertz CT molecular complexity index is 1130. The molecule has 0 aliphatic heterocycles. The Hall–Kier alpha value is -2.42. The van der Waals surface area contributed by atoms with Crippen molar-refractivity contribution in [1.29, 1.82) is 0 Å². The molecule has 0 fully saturated rings. The highest BCUT2D eigenvalue weighted by Gasteiger charge is 2.28. The van der Waals surface area contributed by atoms with Crippen molar-refractivity contribution in [2.24, 2.45) is 0 Å². The molecule has 1 aliphatic carbocycles. The van der Waals surface area contributed by atoms with E-state index < -0.39 is 5.91 Å². The molecule has 0 saturated heterocycles. The van der Waals surface area contributed by atoms with Gasteiger partial charge in [-0.15, -0.1) is 11.3 Å². The predicted molar refractivity (Wildman–Crippen MR) is 130 cm³/mol. The lowest BCUT2D eigenvalue weighted by atomic mass is 10.1. The van der Waals surface area contributed by atoms with Crippen LogP contribution in [0, 0.1) is 0 Å². The van der Waals surface area contributed by atoms with E-state index in [4.69, 9.17) is 11.6 Å². The van der Waals surface area contributed by atoms with Crippen LogP contribution in [0.15, 0.2) is 41.7 Å². The fraction of sp³-hybridized carbons (Fsp3) is 0.304. The highest BCUT2D eigenvalue weighted by Crippen LogP contribution is 2.39. The molecule has 3 aromatic rings. The highest BCUT2D eigenvalue weighted by atomic mass is 35.5. The summed E-state index contributed by atoms with van der Waals surface area (Å²) in [6.07, 6.45) is 4.97. The second-order valence-corrected chi connectivity index (χ2v) is 10.0. The van der Waals surface area contributed by atoms with Crippen LogP contribution in [0.2, 0.25) is 5.02 Å². The zero-order valence-electron chi connectivity index (χ0n) is 17.6. The van der Waals surface area contributed by atoms with E-state index in [1.807, 2.05) is 37.3 Å². The number of halogens is 1. The first kappa shape index (κ1) is 22.8. The topological polar surface area (TPSA) is 84.0 Å². The Kier molecular flexibility index (Phi) is 7.44. The maximum atomic E-state index is 13.1. The number of thiophene rings is 1. The molecule has 2 N–H and O–H groups in total. The smallest absolute Gasteiger partial charge is 0.276 e. The lowest BCUT2D eigenvalue weighted by Crippen LogP contribution is -2.27. The maximum Gasteiger partial charge on any atom is 0.276 e. The number of aryl methyl sites for hydroxylation is 1. The van der Waals surface area contributed by atoms with Gasteiger partial charge in [0.05, 0.1) is 16.8 Å². The summed E-state index contributed by atoms with van der Waals surface area (Å²) in [7, 11) is 0. The molecule has 0 atom stereocenters. The number of benzene rings is 1. The SMILES string of the molecule is CCSc1ncc(Cl)c(C(=O)Nc2sc3c(c2C(=O)NCCc2ccccc2)CCC3)n1. The molecule has 0 spiro atoms. The minimum Gasteiger partial charge on any atom is -0.352 e. The third-order valence-corrected chi connectivity index (χ3v) is 7.36. The summed E-state index contributed by atoms with van der Waals surface area (Å²) in [4.78, 5) is 35.7. The van der Waals surface area contributed by atoms with Crippen LogP contribution in [0.25, 0.3) is 0 Å². The van der Waals surface area contributed by atoms with Crippen LogP contribution in [-0.2, 0) is 19.3 Å². The predicted octanol–water partition coefficient (Wildman–Crippen LogP) is 5.02. The van der Waals surface area contributed by atoms with Gasteiger partial charge < -0.3 is 10.6 Å². The Balaban J connectivity index is 1.52. The molecule has 2 heterocycles. The maximum absolute atomic E-state index is 13.1. The minimum atomic E-state index is -0.436. The molecular weight excluding hydrogens is 464 g/mol. The molecule has 9 heteroatoms. The summed E-state index contributed by atoms with van der Waals surface area (Å²) in [5, 5.41) is 7.13. The van der Waals surface area contributed by atoms with E-state index in [2.05, 4.69) is 20.6 Å². The van der Waals surface area contributed by atoms with Crippen molar-refractivity contribution in [3.63, 3.8) is 0 Å². The van der Waals surface area contributed by atoms with Crippen LogP contribution < -0.4 is 10.6 Å². The number of nitrogens with one attached hydrogen (secondary N) is 2. The molecule has 2 aromatic heterocycles. The Morgan fingerprint density at radius 1 is 1.19 bits per heavy atom. The number of aromatic nitrogens is 2. The fourth-order valence-corrected chi connectivity index (χ4v) is 5.66. The standard InChI is InChI=1S/C23H23ClN4O2S2/c1-2-31-23-26-13-16(24)19(27-23)21(30)28-22-18(15-9-6-10-17(15)32-22)20(29)25-12-11-14-7-4-3-5-8-14/h3-5,7-8,13H,2,6,9-12H2,1H3,(H,25,29)(H,28,30). The van der Waals surface area contributed by atoms with Gasteiger partial charge in [-0.25, -0.2) is 9.97 Å². The summed E-state index contributed by atoms with van der Waals surface area (Å²) in [5.74, 6) is 0.188. The van der Waals surface area contributed by atoms with E-state index in [9.17, 15) is 9.59 Å². The Labute approximate surface area is 200 Å². The van der Waals surface area contributed by atoms with Crippen LogP contribution in [0.5, 0.6) is 0 Å². The molecule has 0 radical (unpaired) electrons. The number of rotatable bonds is 8. The van der Waals surface area contributed by atoms with Gasteiger partial charge in [0.15, 0.2) is 10.9 Å². The van der Waals surface area contributed by atoms with Gasteiger partial charge in [0, 0.05) is 11.4 Å². The third kappa shape index (κ3) is 5.14. The molecule has 2 amide bonds. The van der Waals surface area contributed by atoms with Crippen LogP contribution in [0.3, 0.4) is 0 Å². The zero-order valence-corrected chi connectivity index (χ0v) is 20.0. The summed E-state index contributed by atoms with van der Waals surface area (Å²) in [6, 6.07) is 10.0. The van der Waals surface area contributed by atoms with Crippen molar-refractivity contribution in [3.05, 3.63) is 68.8 Å². The molecule has 0 saturated carbocycles. The first-order chi connectivity index (χ1) is 15.6. The largest absolute Gasteiger partial charge is 0.352 e. The summed E-state index contributed by atoms with van der Waals surface area (Å²) in [6.45, 7) is 2.51. The van der Waals surface area contributed by atoms with E-state index in [1.165, 1.54) is 29.3 Å². The van der Waals surface area contributed by atoms with Gasteiger partial charge in [-0.1, -0.05) is 60.6 Å². The molecule has 4 rings (SSSR count). The Morgan fingerprint density at radius 3 is 2.78 bits per heavy atom. The number of thioether (sulfide) groups is 1. The van der Waals surface area contributed by atoms with E-state index in [0.29, 0.717) is 22.3 Å². The molecule has 32 heavy (non-hydrogen) atoms. The lowest BCUT2D eigenvalue weighted by Gasteiger charge is -2.10. The second kappa shape index (κ2) is 10.5. The van der Waals surface area contributed by atoms with E-state index >= 15 is 0 Å². The molecule has 1 aromatic carbocycles. The minimum absolute atomic E-state index is 0.113. The van der Waals surface area contributed by atoms with E-state index in [-0.39, 0.29) is 16.6 Å². The first-order valence-electron chi connectivity index (χ1n) is 10.5. The van der Waals surface area contributed by atoms with Crippen molar-refractivity contribution in [2.75, 3.05) is 17.6 Å². The van der Waals surface area contributed by atoms with Crippen LogP contribution in [0.4, 0.5) is 5.00 Å². The molecule has 6 nitrogen and oxygen atoms in total. The number of fused-ring (bicyclic) bond motifs is 1. The number of hydrogen-bond acceptors (Lipinski definition) is 6. The van der Waals surface area contributed by atoms with Gasteiger partial charge in [-0.05, 0) is 42.6 Å². The number of anilines is 1. The van der Waals surface area contributed by atoms with Crippen LogP contribution >= 0.6 is 34.7 Å². The number of carbonyl (C=O) groups excluding carboxylic acids is 2. The van der Waals surface area contributed by atoms with Crippen LogP contribution in [0.1, 0.15) is 50.2 Å². The first-order valence-corrected chi connectivity index (χ1v) is 12.7. The average molecular weight is 487 g/mol.